The van der Waals surface area contributed by atoms with E-state index in [-0.39, 0.29) is 18.8 Å². The maximum Gasteiger partial charge on any atom is 0.164 e. The van der Waals surface area contributed by atoms with Crippen LogP contribution in [0.1, 0.15) is 65.7 Å². The normalized spacial score (nSPS) is 26.3. The molecular formula is C16H30O3. The van der Waals surface area contributed by atoms with Crippen LogP contribution in [0.3, 0.4) is 0 Å². The Labute approximate surface area is 118 Å². The highest BCUT2D eigenvalue weighted by atomic mass is 16.8. The number of hydrogen-bond acceptors (Lipinski definition) is 3. The summed E-state index contributed by atoms with van der Waals surface area (Å²) in [6.07, 6.45) is 12.9. The van der Waals surface area contributed by atoms with Gasteiger partial charge in [0.05, 0.1) is 6.61 Å². The Bertz CT molecular complexity index is 261. The molecule has 2 atom stereocenters. The molecule has 1 N–H and O–H groups in total. The van der Waals surface area contributed by atoms with Crippen molar-refractivity contribution in [2.24, 2.45) is 0 Å². The fourth-order valence-corrected chi connectivity index (χ4v) is 2.44. The summed E-state index contributed by atoms with van der Waals surface area (Å²) in [7, 11) is 0. The third-order valence-electron chi connectivity index (χ3n) is 3.45. The lowest BCUT2D eigenvalue weighted by atomic mass is 10.1. The van der Waals surface area contributed by atoms with Crippen molar-refractivity contribution in [2.75, 3.05) is 6.61 Å². The summed E-state index contributed by atoms with van der Waals surface area (Å²) in [6.45, 7) is 6.02. The summed E-state index contributed by atoms with van der Waals surface area (Å²) in [5.74, 6) is -0.581. The monoisotopic (exact) mass is 270 g/mol. The van der Waals surface area contributed by atoms with Crippen LogP contribution in [0.2, 0.25) is 0 Å². The first-order valence-electron chi connectivity index (χ1n) is 7.72. The minimum atomic E-state index is -0.581. The Morgan fingerprint density at radius 3 is 2.42 bits per heavy atom. The summed E-state index contributed by atoms with van der Waals surface area (Å²) in [5, 5.41) is 9.25. The predicted molar refractivity (Wildman–Crippen MR) is 78.0 cm³/mol. The summed E-state index contributed by atoms with van der Waals surface area (Å²) in [5.41, 5.74) is 0. The Balaban J connectivity index is 2.14. The van der Waals surface area contributed by atoms with E-state index in [1.54, 1.807) is 0 Å². The summed E-state index contributed by atoms with van der Waals surface area (Å²) in [4.78, 5) is 0. The van der Waals surface area contributed by atoms with Gasteiger partial charge in [0.1, 0.15) is 12.2 Å². The van der Waals surface area contributed by atoms with Crippen molar-refractivity contribution in [3.63, 3.8) is 0 Å². The lowest BCUT2D eigenvalue weighted by molar-refractivity contribution is -0.146. The van der Waals surface area contributed by atoms with Gasteiger partial charge in [0, 0.05) is 0 Å². The molecule has 0 radical (unpaired) electrons. The Kier molecular flexibility index (Phi) is 7.66. The average Bonchev–Trinajstić information content (AvgIpc) is 2.67. The molecule has 0 aromatic carbocycles. The topological polar surface area (TPSA) is 38.7 Å². The molecule has 112 valence electrons. The highest BCUT2D eigenvalue weighted by Gasteiger charge is 2.39. The molecule has 0 unspecified atom stereocenters. The van der Waals surface area contributed by atoms with Crippen molar-refractivity contribution in [1.29, 1.82) is 0 Å². The van der Waals surface area contributed by atoms with E-state index in [4.69, 9.17) is 9.47 Å². The molecule has 0 aromatic heterocycles. The molecule has 0 aliphatic carbocycles. The van der Waals surface area contributed by atoms with Crippen molar-refractivity contribution in [3.8, 4) is 0 Å². The Morgan fingerprint density at radius 2 is 1.74 bits per heavy atom. The molecule has 3 nitrogen and oxygen atoms in total. The predicted octanol–water partition coefficient (Wildman–Crippen LogP) is 3.81. The molecule has 3 heteroatoms. The number of aliphatic hydroxyl groups is 1. The SMILES string of the molecule is CCCCCCCC/C=C/[C@@H]1OC(C)(C)O[C@@H]1CO. The van der Waals surface area contributed by atoms with E-state index in [0.29, 0.717) is 0 Å². The Morgan fingerprint density at radius 1 is 1.05 bits per heavy atom. The van der Waals surface area contributed by atoms with Gasteiger partial charge >= 0.3 is 0 Å². The van der Waals surface area contributed by atoms with Crippen LogP contribution in [0.4, 0.5) is 0 Å². The van der Waals surface area contributed by atoms with E-state index >= 15 is 0 Å². The maximum absolute atomic E-state index is 9.25. The number of rotatable bonds is 9. The van der Waals surface area contributed by atoms with Crippen LogP contribution in [-0.2, 0) is 9.47 Å². The van der Waals surface area contributed by atoms with Gasteiger partial charge in [-0.2, -0.15) is 0 Å². The molecule has 1 saturated heterocycles. The van der Waals surface area contributed by atoms with Gasteiger partial charge in [-0.05, 0) is 26.7 Å². The molecule has 1 heterocycles. The van der Waals surface area contributed by atoms with Gasteiger partial charge in [0.25, 0.3) is 0 Å². The zero-order valence-corrected chi connectivity index (χ0v) is 12.7. The molecule has 1 aliphatic heterocycles. The molecule has 1 aliphatic rings. The van der Waals surface area contributed by atoms with Crippen molar-refractivity contribution in [2.45, 2.75) is 83.7 Å². The van der Waals surface area contributed by atoms with Crippen LogP contribution in [0.15, 0.2) is 12.2 Å². The standard InChI is InChI=1S/C16H30O3/c1-4-5-6-7-8-9-10-11-12-14-15(13-17)19-16(2,3)18-14/h11-12,14-15,17H,4-10,13H2,1-3H3/b12-11+/t14-,15+/m0/s1. The molecule has 0 amide bonds. The number of aliphatic hydroxyl groups excluding tert-OH is 1. The van der Waals surface area contributed by atoms with Crippen LogP contribution >= 0.6 is 0 Å². The summed E-state index contributed by atoms with van der Waals surface area (Å²) in [6, 6.07) is 0. The lowest BCUT2D eigenvalue weighted by Crippen LogP contribution is -2.24. The fraction of sp³-hybridized carbons (Fsp3) is 0.875. The molecular weight excluding hydrogens is 240 g/mol. The van der Waals surface area contributed by atoms with Crippen molar-refractivity contribution >= 4 is 0 Å². The number of ether oxygens (including phenoxy) is 2. The minimum absolute atomic E-state index is 0.00938. The van der Waals surface area contributed by atoms with Crippen LogP contribution in [0.25, 0.3) is 0 Å². The third-order valence-corrected chi connectivity index (χ3v) is 3.45. The summed E-state index contributed by atoms with van der Waals surface area (Å²) < 4.78 is 11.4. The second-order valence-electron chi connectivity index (χ2n) is 5.81. The highest BCUT2D eigenvalue weighted by Crippen LogP contribution is 2.28. The van der Waals surface area contributed by atoms with Crippen LogP contribution in [-0.4, -0.2) is 29.7 Å². The van der Waals surface area contributed by atoms with E-state index in [9.17, 15) is 5.11 Å². The van der Waals surface area contributed by atoms with Gasteiger partial charge in [0.2, 0.25) is 0 Å². The first-order chi connectivity index (χ1) is 9.09. The number of allylic oxidation sites excluding steroid dienone is 1. The molecule has 0 spiro atoms. The first kappa shape index (κ1) is 16.7. The third kappa shape index (κ3) is 6.55. The Hall–Kier alpha value is -0.380. The molecule has 0 saturated carbocycles. The van der Waals surface area contributed by atoms with Crippen molar-refractivity contribution < 1.29 is 14.6 Å². The maximum atomic E-state index is 9.25. The lowest BCUT2D eigenvalue weighted by Gasteiger charge is -2.15. The molecule has 0 aromatic rings. The molecule has 1 fully saturated rings. The number of hydrogen-bond donors (Lipinski definition) is 1. The molecule has 0 bridgehead atoms. The van der Waals surface area contributed by atoms with Gasteiger partial charge in [-0.1, -0.05) is 51.2 Å². The molecule has 1 rings (SSSR count). The van der Waals surface area contributed by atoms with E-state index in [1.165, 1.54) is 38.5 Å². The highest BCUT2D eigenvalue weighted by molar-refractivity contribution is 4.97. The van der Waals surface area contributed by atoms with E-state index in [2.05, 4.69) is 13.0 Å². The van der Waals surface area contributed by atoms with E-state index < -0.39 is 5.79 Å². The van der Waals surface area contributed by atoms with Crippen molar-refractivity contribution in [3.05, 3.63) is 12.2 Å². The van der Waals surface area contributed by atoms with Crippen molar-refractivity contribution in [1.82, 2.24) is 0 Å². The van der Waals surface area contributed by atoms with Gasteiger partial charge in [-0.3, -0.25) is 0 Å². The van der Waals surface area contributed by atoms with Crippen LogP contribution < -0.4 is 0 Å². The zero-order chi connectivity index (χ0) is 14.1. The second kappa shape index (κ2) is 8.72. The summed E-state index contributed by atoms with van der Waals surface area (Å²) >= 11 is 0. The second-order valence-corrected chi connectivity index (χ2v) is 5.81. The zero-order valence-electron chi connectivity index (χ0n) is 12.7. The van der Waals surface area contributed by atoms with E-state index in [1.807, 2.05) is 19.9 Å². The van der Waals surface area contributed by atoms with Crippen LogP contribution in [0.5, 0.6) is 0 Å². The number of unbranched alkanes of at least 4 members (excludes halogenated alkanes) is 6. The smallest absolute Gasteiger partial charge is 0.164 e. The molecule has 19 heavy (non-hydrogen) atoms. The van der Waals surface area contributed by atoms with Gasteiger partial charge in [0.15, 0.2) is 5.79 Å². The minimum Gasteiger partial charge on any atom is -0.394 e. The van der Waals surface area contributed by atoms with E-state index in [0.717, 1.165) is 6.42 Å². The quantitative estimate of drug-likeness (QED) is 0.511. The van der Waals surface area contributed by atoms with Gasteiger partial charge in [-0.25, -0.2) is 0 Å². The first-order valence-corrected chi connectivity index (χ1v) is 7.72. The van der Waals surface area contributed by atoms with Gasteiger partial charge < -0.3 is 14.6 Å². The van der Waals surface area contributed by atoms with Gasteiger partial charge in [-0.15, -0.1) is 0 Å². The largest absolute Gasteiger partial charge is 0.394 e. The fourth-order valence-electron chi connectivity index (χ4n) is 2.44. The average molecular weight is 270 g/mol. The van der Waals surface area contributed by atoms with Crippen LogP contribution in [0, 0.1) is 0 Å².